The first-order valence-corrected chi connectivity index (χ1v) is 8.88. The fourth-order valence-corrected chi connectivity index (χ4v) is 2.14. The van der Waals surface area contributed by atoms with Crippen LogP contribution in [0.4, 0.5) is 0 Å². The molecule has 0 amide bonds. The molecule has 0 unspecified atom stereocenters. The molecule has 130 valence electrons. The van der Waals surface area contributed by atoms with Crippen LogP contribution in [0.3, 0.4) is 0 Å². The zero-order valence-corrected chi connectivity index (χ0v) is 15.6. The highest BCUT2D eigenvalue weighted by Crippen LogP contribution is 2.27. The standard InChI is InChI=1S/C15H14N2O.2C3H8/c1-2-11-7-5-9-14(15(11)18)17-10-12-6-3-4-8-13(12)16-17;2*1-3-2/h3-10,18H,2H2,1H3;2*3H2,1-2H3. The minimum atomic E-state index is 0.313. The Hall–Kier alpha value is -2.29. The molecule has 0 atom stereocenters. The van der Waals surface area contributed by atoms with E-state index >= 15 is 0 Å². The molecule has 0 saturated heterocycles. The Balaban J connectivity index is 0.000000423. The first-order valence-electron chi connectivity index (χ1n) is 8.88. The Kier molecular flexibility index (Phi) is 8.63. The predicted octanol–water partition coefficient (Wildman–Crippen LogP) is 6.13. The van der Waals surface area contributed by atoms with E-state index in [-0.39, 0.29) is 0 Å². The lowest BCUT2D eigenvalue weighted by molar-refractivity contribution is 0.464. The number of fused-ring (bicyclic) bond motifs is 1. The molecule has 0 spiro atoms. The number of phenols is 1. The predicted molar refractivity (Wildman–Crippen MR) is 104 cm³/mol. The number of aromatic hydroxyl groups is 1. The summed E-state index contributed by atoms with van der Waals surface area (Å²) in [5.74, 6) is 0.313. The van der Waals surface area contributed by atoms with Crippen LogP contribution in [0.1, 0.15) is 53.0 Å². The molecule has 0 saturated carbocycles. The van der Waals surface area contributed by atoms with Crippen LogP contribution in [-0.4, -0.2) is 14.9 Å². The van der Waals surface area contributed by atoms with Crippen molar-refractivity contribution in [2.24, 2.45) is 0 Å². The van der Waals surface area contributed by atoms with E-state index in [9.17, 15) is 5.11 Å². The number of aryl methyl sites for hydroxylation is 1. The van der Waals surface area contributed by atoms with Crippen LogP contribution < -0.4 is 0 Å². The Morgan fingerprint density at radius 2 is 1.50 bits per heavy atom. The Morgan fingerprint density at radius 3 is 2.08 bits per heavy atom. The number of para-hydroxylation sites is 1. The average molecular weight is 326 g/mol. The zero-order chi connectivity index (χ0) is 17.9. The molecule has 1 N–H and O–H groups in total. The van der Waals surface area contributed by atoms with Gasteiger partial charge in [-0.2, -0.15) is 5.10 Å². The number of nitrogens with zero attached hydrogens (tertiary/aromatic N) is 2. The van der Waals surface area contributed by atoms with E-state index in [4.69, 9.17) is 0 Å². The second-order valence-corrected chi connectivity index (χ2v) is 5.69. The average Bonchev–Trinajstić information content (AvgIpc) is 3.00. The van der Waals surface area contributed by atoms with Gasteiger partial charge in [-0.25, -0.2) is 4.68 Å². The van der Waals surface area contributed by atoms with E-state index in [1.807, 2.05) is 55.6 Å². The van der Waals surface area contributed by atoms with Crippen molar-refractivity contribution >= 4 is 10.9 Å². The highest BCUT2D eigenvalue weighted by molar-refractivity contribution is 5.78. The van der Waals surface area contributed by atoms with Gasteiger partial charge in [0.1, 0.15) is 11.4 Å². The maximum Gasteiger partial charge on any atom is 0.144 e. The summed E-state index contributed by atoms with van der Waals surface area (Å²) in [6, 6.07) is 13.7. The van der Waals surface area contributed by atoms with Crippen molar-refractivity contribution in [2.75, 3.05) is 0 Å². The molecule has 3 rings (SSSR count). The Labute approximate surface area is 146 Å². The summed E-state index contributed by atoms with van der Waals surface area (Å²) in [6.07, 6.45) is 5.24. The first kappa shape index (κ1) is 19.8. The van der Waals surface area contributed by atoms with Crippen LogP contribution in [0.15, 0.2) is 48.7 Å². The van der Waals surface area contributed by atoms with Crippen molar-refractivity contribution in [1.29, 1.82) is 0 Å². The summed E-state index contributed by atoms with van der Waals surface area (Å²) >= 11 is 0. The molecule has 0 bridgehead atoms. The Bertz CT molecular complexity index is 697. The molecule has 2 aromatic carbocycles. The van der Waals surface area contributed by atoms with E-state index in [0.29, 0.717) is 5.75 Å². The van der Waals surface area contributed by atoms with Crippen molar-refractivity contribution in [3.05, 3.63) is 54.2 Å². The van der Waals surface area contributed by atoms with Gasteiger partial charge in [-0.1, -0.05) is 77.8 Å². The smallest absolute Gasteiger partial charge is 0.144 e. The lowest BCUT2D eigenvalue weighted by atomic mass is 10.1. The van der Waals surface area contributed by atoms with Gasteiger partial charge in [0.2, 0.25) is 0 Å². The molecule has 0 radical (unpaired) electrons. The maximum absolute atomic E-state index is 10.2. The van der Waals surface area contributed by atoms with E-state index in [2.05, 4.69) is 32.8 Å². The Morgan fingerprint density at radius 1 is 0.875 bits per heavy atom. The molecule has 3 aromatic rings. The van der Waals surface area contributed by atoms with Crippen LogP contribution in [0, 0.1) is 0 Å². The molecular weight excluding hydrogens is 296 g/mol. The second kappa shape index (κ2) is 10.5. The molecular formula is C21H30N2O. The molecule has 0 aliphatic carbocycles. The fraction of sp³-hybridized carbons (Fsp3) is 0.381. The lowest BCUT2D eigenvalue weighted by Gasteiger charge is -2.07. The molecule has 3 nitrogen and oxygen atoms in total. The van der Waals surface area contributed by atoms with Crippen LogP contribution in [0.2, 0.25) is 0 Å². The van der Waals surface area contributed by atoms with Gasteiger partial charge in [0.25, 0.3) is 0 Å². The number of phenolic OH excluding ortho intramolecular Hbond substituents is 1. The van der Waals surface area contributed by atoms with E-state index in [1.165, 1.54) is 12.8 Å². The van der Waals surface area contributed by atoms with Crippen LogP contribution >= 0.6 is 0 Å². The molecule has 24 heavy (non-hydrogen) atoms. The lowest BCUT2D eigenvalue weighted by Crippen LogP contribution is -1.96. The first-order chi connectivity index (χ1) is 11.6. The minimum absolute atomic E-state index is 0.313. The van der Waals surface area contributed by atoms with Crippen molar-refractivity contribution in [1.82, 2.24) is 9.78 Å². The molecule has 0 fully saturated rings. The number of aromatic nitrogens is 2. The van der Waals surface area contributed by atoms with E-state index in [1.54, 1.807) is 4.68 Å². The molecule has 0 aliphatic rings. The maximum atomic E-state index is 10.2. The normalized spacial score (nSPS) is 9.71. The van der Waals surface area contributed by atoms with Gasteiger partial charge in [0.05, 0.1) is 5.52 Å². The third-order valence-electron chi connectivity index (χ3n) is 3.14. The molecule has 3 heteroatoms. The van der Waals surface area contributed by atoms with Gasteiger partial charge in [-0.05, 0) is 24.1 Å². The number of hydrogen-bond acceptors (Lipinski definition) is 2. The van der Waals surface area contributed by atoms with Gasteiger partial charge >= 0.3 is 0 Å². The van der Waals surface area contributed by atoms with Crippen LogP contribution in [-0.2, 0) is 6.42 Å². The van der Waals surface area contributed by atoms with Gasteiger partial charge in [0.15, 0.2) is 0 Å². The second-order valence-electron chi connectivity index (χ2n) is 5.69. The monoisotopic (exact) mass is 326 g/mol. The van der Waals surface area contributed by atoms with Gasteiger partial charge in [-0.15, -0.1) is 0 Å². The van der Waals surface area contributed by atoms with E-state index in [0.717, 1.165) is 28.6 Å². The van der Waals surface area contributed by atoms with Crippen molar-refractivity contribution in [2.45, 2.75) is 53.9 Å². The van der Waals surface area contributed by atoms with E-state index < -0.39 is 0 Å². The van der Waals surface area contributed by atoms with Crippen molar-refractivity contribution < 1.29 is 5.11 Å². The summed E-state index contributed by atoms with van der Waals surface area (Å²) in [5.41, 5.74) is 2.59. The highest BCUT2D eigenvalue weighted by Gasteiger charge is 2.09. The van der Waals surface area contributed by atoms with Gasteiger partial charge in [-0.3, -0.25) is 0 Å². The van der Waals surface area contributed by atoms with Gasteiger partial charge < -0.3 is 5.11 Å². The molecule has 1 aromatic heterocycles. The van der Waals surface area contributed by atoms with Crippen molar-refractivity contribution in [3.8, 4) is 11.4 Å². The topological polar surface area (TPSA) is 38.0 Å². The highest BCUT2D eigenvalue weighted by atomic mass is 16.3. The quantitative estimate of drug-likeness (QED) is 0.615. The number of hydrogen-bond donors (Lipinski definition) is 1. The van der Waals surface area contributed by atoms with Gasteiger partial charge in [0, 0.05) is 11.6 Å². The zero-order valence-electron chi connectivity index (χ0n) is 15.6. The summed E-state index contributed by atoms with van der Waals surface area (Å²) in [5, 5.41) is 15.8. The SMILES string of the molecule is CCC.CCC.CCc1cccc(-n2cc3ccccc3n2)c1O. The largest absolute Gasteiger partial charge is 0.505 e. The molecule has 1 heterocycles. The molecule has 0 aliphatic heterocycles. The summed E-state index contributed by atoms with van der Waals surface area (Å²) < 4.78 is 1.74. The summed E-state index contributed by atoms with van der Waals surface area (Å²) in [7, 11) is 0. The third-order valence-corrected chi connectivity index (χ3v) is 3.14. The fourth-order valence-electron chi connectivity index (χ4n) is 2.14. The number of rotatable bonds is 2. The number of benzene rings is 2. The van der Waals surface area contributed by atoms with Crippen molar-refractivity contribution in [3.63, 3.8) is 0 Å². The third kappa shape index (κ3) is 5.12. The summed E-state index contributed by atoms with van der Waals surface area (Å²) in [6.45, 7) is 10.5. The van der Waals surface area contributed by atoms with Crippen LogP contribution in [0.25, 0.3) is 16.6 Å². The summed E-state index contributed by atoms with van der Waals surface area (Å²) in [4.78, 5) is 0. The van der Waals surface area contributed by atoms with Crippen LogP contribution in [0.5, 0.6) is 5.75 Å². The minimum Gasteiger partial charge on any atom is -0.505 e.